The van der Waals surface area contributed by atoms with Gasteiger partial charge in [-0.2, -0.15) is 0 Å². The molecule has 0 saturated heterocycles. The second-order valence-electron chi connectivity index (χ2n) is 4.71. The summed E-state index contributed by atoms with van der Waals surface area (Å²) in [5.41, 5.74) is 1.65. The van der Waals surface area contributed by atoms with E-state index in [2.05, 4.69) is 0 Å². The quantitative estimate of drug-likeness (QED) is 0.897. The van der Waals surface area contributed by atoms with E-state index in [9.17, 15) is 9.90 Å². The standard InChI is InChI=1S/C16H14O4/c1-19-13-4-5-14(15(18)8-13)11-6-10-2-3-12(17)7-16(10)20-9-11/h2-8,11,18H,9H2,1H3/t11-/m0/s1. The number of rotatable bonds is 2. The van der Waals surface area contributed by atoms with Crippen LogP contribution >= 0.6 is 0 Å². The van der Waals surface area contributed by atoms with E-state index in [1.165, 1.54) is 12.2 Å². The van der Waals surface area contributed by atoms with Gasteiger partial charge in [0.2, 0.25) is 0 Å². The van der Waals surface area contributed by atoms with Crippen molar-refractivity contribution in [2.75, 3.05) is 13.7 Å². The third-order valence-electron chi connectivity index (χ3n) is 3.42. The number of phenols is 1. The first-order valence-corrected chi connectivity index (χ1v) is 6.33. The van der Waals surface area contributed by atoms with Gasteiger partial charge in [-0.05, 0) is 18.2 Å². The highest BCUT2D eigenvalue weighted by Crippen LogP contribution is 2.36. The van der Waals surface area contributed by atoms with Crippen LogP contribution in [0, 0.1) is 0 Å². The number of phenolic OH excluding ortho intramolecular Hbond substituents is 1. The molecule has 4 heteroatoms. The van der Waals surface area contributed by atoms with Crippen LogP contribution in [0.2, 0.25) is 0 Å². The topological polar surface area (TPSA) is 55.8 Å². The number of ketones is 1. The number of ether oxygens (including phenoxy) is 2. The van der Waals surface area contributed by atoms with Crippen molar-refractivity contribution in [1.82, 2.24) is 0 Å². The number of benzene rings is 1. The van der Waals surface area contributed by atoms with Crippen molar-refractivity contribution in [1.29, 1.82) is 0 Å². The van der Waals surface area contributed by atoms with Crippen molar-refractivity contribution < 1.29 is 19.4 Å². The summed E-state index contributed by atoms with van der Waals surface area (Å²) >= 11 is 0. The third kappa shape index (κ3) is 2.20. The molecule has 102 valence electrons. The van der Waals surface area contributed by atoms with Gasteiger partial charge in [0, 0.05) is 29.2 Å². The lowest BCUT2D eigenvalue weighted by Gasteiger charge is -2.25. The Morgan fingerprint density at radius 2 is 2.20 bits per heavy atom. The van der Waals surface area contributed by atoms with E-state index in [1.807, 2.05) is 12.1 Å². The highest BCUT2D eigenvalue weighted by atomic mass is 16.5. The summed E-state index contributed by atoms with van der Waals surface area (Å²) in [5, 5.41) is 10.1. The van der Waals surface area contributed by atoms with Crippen LogP contribution in [0.15, 0.2) is 53.8 Å². The second kappa shape index (κ2) is 4.89. The fourth-order valence-electron chi connectivity index (χ4n) is 2.37. The summed E-state index contributed by atoms with van der Waals surface area (Å²) in [5.74, 6) is 1.27. The lowest BCUT2D eigenvalue weighted by atomic mass is 9.92. The van der Waals surface area contributed by atoms with Crippen LogP contribution in [0.3, 0.4) is 0 Å². The van der Waals surface area contributed by atoms with E-state index in [0.29, 0.717) is 18.1 Å². The molecule has 1 atom stereocenters. The Labute approximate surface area is 116 Å². The fourth-order valence-corrected chi connectivity index (χ4v) is 2.37. The second-order valence-corrected chi connectivity index (χ2v) is 4.71. The molecule has 0 saturated carbocycles. The summed E-state index contributed by atoms with van der Waals surface area (Å²) in [7, 11) is 1.56. The molecular formula is C16H14O4. The average molecular weight is 270 g/mol. The number of carbonyl (C=O) groups is 1. The number of allylic oxidation sites excluding steroid dienone is 3. The van der Waals surface area contributed by atoms with Gasteiger partial charge in [0.15, 0.2) is 5.78 Å². The Hall–Kier alpha value is -2.49. The van der Waals surface area contributed by atoms with Gasteiger partial charge in [-0.25, -0.2) is 0 Å². The zero-order valence-corrected chi connectivity index (χ0v) is 11.0. The lowest BCUT2D eigenvalue weighted by Crippen LogP contribution is -2.15. The molecule has 0 amide bonds. The number of hydrogen-bond donors (Lipinski definition) is 1. The first-order valence-electron chi connectivity index (χ1n) is 6.33. The van der Waals surface area contributed by atoms with Crippen molar-refractivity contribution in [2.45, 2.75) is 5.92 Å². The van der Waals surface area contributed by atoms with Crippen molar-refractivity contribution >= 4 is 5.78 Å². The van der Waals surface area contributed by atoms with Crippen LogP contribution in [0.5, 0.6) is 11.5 Å². The van der Waals surface area contributed by atoms with Gasteiger partial charge in [0.1, 0.15) is 17.3 Å². The van der Waals surface area contributed by atoms with E-state index >= 15 is 0 Å². The summed E-state index contributed by atoms with van der Waals surface area (Å²) in [4.78, 5) is 11.3. The molecule has 3 rings (SSSR count). The van der Waals surface area contributed by atoms with E-state index in [-0.39, 0.29) is 17.5 Å². The SMILES string of the molecule is COc1ccc([C@H]2C=C3C=CC(=O)C=C3OC2)c(O)c1. The maximum absolute atomic E-state index is 11.3. The van der Waals surface area contributed by atoms with E-state index in [0.717, 1.165) is 11.1 Å². The van der Waals surface area contributed by atoms with Gasteiger partial charge in [-0.15, -0.1) is 0 Å². The number of carbonyl (C=O) groups excluding carboxylic acids is 1. The van der Waals surface area contributed by atoms with Gasteiger partial charge in [-0.1, -0.05) is 12.1 Å². The molecule has 1 aliphatic heterocycles. The summed E-state index contributed by atoms with van der Waals surface area (Å²) in [6.07, 6.45) is 6.73. The first kappa shape index (κ1) is 12.5. The monoisotopic (exact) mass is 270 g/mol. The average Bonchev–Trinajstić information content (AvgIpc) is 2.46. The lowest BCUT2D eigenvalue weighted by molar-refractivity contribution is -0.110. The molecule has 0 unspecified atom stereocenters. The van der Waals surface area contributed by atoms with Crippen LogP contribution in [-0.2, 0) is 9.53 Å². The van der Waals surface area contributed by atoms with Crippen molar-refractivity contribution in [3.63, 3.8) is 0 Å². The Bertz CT molecular complexity index is 652. The number of fused-ring (bicyclic) bond motifs is 1. The number of hydrogen-bond acceptors (Lipinski definition) is 4. The molecule has 0 radical (unpaired) electrons. The van der Waals surface area contributed by atoms with Crippen LogP contribution < -0.4 is 4.74 Å². The summed E-state index contributed by atoms with van der Waals surface area (Å²) < 4.78 is 10.7. The summed E-state index contributed by atoms with van der Waals surface area (Å²) in [6.45, 7) is 0.399. The predicted octanol–water partition coefficient (Wildman–Crippen LogP) is 2.46. The zero-order valence-electron chi connectivity index (χ0n) is 11.0. The molecular weight excluding hydrogens is 256 g/mol. The maximum atomic E-state index is 11.3. The zero-order chi connectivity index (χ0) is 14.1. The molecule has 1 aromatic carbocycles. The minimum absolute atomic E-state index is 0.0501. The van der Waals surface area contributed by atoms with Crippen LogP contribution in [0.4, 0.5) is 0 Å². The molecule has 1 N–H and O–H groups in total. The molecule has 0 bridgehead atoms. The Morgan fingerprint density at radius 3 is 2.95 bits per heavy atom. The van der Waals surface area contributed by atoms with Gasteiger partial charge in [-0.3, -0.25) is 4.79 Å². The molecule has 0 spiro atoms. The van der Waals surface area contributed by atoms with Gasteiger partial charge < -0.3 is 14.6 Å². The van der Waals surface area contributed by atoms with Gasteiger partial charge in [0.05, 0.1) is 13.7 Å². The smallest absolute Gasteiger partial charge is 0.182 e. The highest BCUT2D eigenvalue weighted by molar-refractivity contribution is 6.02. The molecule has 2 aliphatic rings. The molecule has 1 aliphatic carbocycles. The maximum Gasteiger partial charge on any atom is 0.182 e. The molecule has 0 fully saturated rings. The van der Waals surface area contributed by atoms with Crippen LogP contribution in [-0.4, -0.2) is 24.6 Å². The summed E-state index contributed by atoms with van der Waals surface area (Å²) in [6, 6.07) is 5.21. The highest BCUT2D eigenvalue weighted by Gasteiger charge is 2.23. The Morgan fingerprint density at radius 1 is 1.35 bits per heavy atom. The van der Waals surface area contributed by atoms with Crippen LogP contribution in [0.25, 0.3) is 0 Å². The largest absolute Gasteiger partial charge is 0.508 e. The van der Waals surface area contributed by atoms with Crippen molar-refractivity contribution in [3.05, 3.63) is 59.4 Å². The fraction of sp³-hybridized carbons (Fsp3) is 0.188. The number of aromatic hydroxyl groups is 1. The molecule has 20 heavy (non-hydrogen) atoms. The van der Waals surface area contributed by atoms with E-state index in [4.69, 9.17) is 9.47 Å². The first-order chi connectivity index (χ1) is 9.67. The normalized spacial score (nSPS) is 20.6. The van der Waals surface area contributed by atoms with E-state index < -0.39 is 0 Å². The Balaban J connectivity index is 1.93. The molecule has 0 aromatic heterocycles. The molecule has 1 heterocycles. The molecule has 1 aromatic rings. The third-order valence-corrected chi connectivity index (χ3v) is 3.42. The predicted molar refractivity (Wildman–Crippen MR) is 73.7 cm³/mol. The minimum Gasteiger partial charge on any atom is -0.508 e. The minimum atomic E-state index is -0.0668. The number of methoxy groups -OCH3 is 1. The Kier molecular flexibility index (Phi) is 3.06. The van der Waals surface area contributed by atoms with E-state index in [1.54, 1.807) is 25.3 Å². The van der Waals surface area contributed by atoms with Gasteiger partial charge in [0.25, 0.3) is 0 Å². The van der Waals surface area contributed by atoms with Gasteiger partial charge >= 0.3 is 0 Å². The van der Waals surface area contributed by atoms with Crippen molar-refractivity contribution in [2.24, 2.45) is 0 Å². The van der Waals surface area contributed by atoms with Crippen molar-refractivity contribution in [3.8, 4) is 11.5 Å². The molecule has 4 nitrogen and oxygen atoms in total. The van der Waals surface area contributed by atoms with Crippen LogP contribution in [0.1, 0.15) is 11.5 Å².